The molecule has 92 valence electrons. The van der Waals surface area contributed by atoms with Crippen LogP contribution in [-0.2, 0) is 6.42 Å². The second-order valence-corrected chi connectivity index (χ2v) is 4.43. The van der Waals surface area contributed by atoms with Gasteiger partial charge in [-0.3, -0.25) is 10.1 Å². The molecule has 1 fully saturated rings. The molecule has 0 saturated carbocycles. The highest BCUT2D eigenvalue weighted by molar-refractivity contribution is 5.35. The number of non-ortho nitro benzene ring substituents is 1. The molecule has 0 aliphatic carbocycles. The van der Waals surface area contributed by atoms with Gasteiger partial charge in [-0.15, -0.1) is 0 Å². The van der Waals surface area contributed by atoms with E-state index in [0.717, 1.165) is 25.9 Å². The van der Waals surface area contributed by atoms with E-state index < -0.39 is 4.92 Å². The zero-order valence-corrected chi connectivity index (χ0v) is 9.49. The van der Waals surface area contributed by atoms with Crippen LogP contribution in [0.2, 0.25) is 0 Å². The number of nitro benzene ring substituents is 1. The minimum absolute atomic E-state index is 0.0321. The van der Waals surface area contributed by atoms with E-state index in [1.54, 1.807) is 0 Å². The van der Waals surface area contributed by atoms with Crippen LogP contribution in [-0.4, -0.2) is 18.0 Å². The van der Waals surface area contributed by atoms with Crippen molar-refractivity contribution in [2.45, 2.75) is 19.3 Å². The monoisotopic (exact) mass is 238 g/mol. The third-order valence-corrected chi connectivity index (χ3v) is 3.21. The minimum atomic E-state index is -0.481. The van der Waals surface area contributed by atoms with Crippen LogP contribution in [0, 0.1) is 21.8 Å². The van der Waals surface area contributed by atoms with Gasteiger partial charge in [0.25, 0.3) is 5.69 Å². The van der Waals surface area contributed by atoms with Crippen LogP contribution in [0.4, 0.5) is 10.1 Å². The molecule has 17 heavy (non-hydrogen) atoms. The Morgan fingerprint density at radius 2 is 2.12 bits per heavy atom. The summed E-state index contributed by atoms with van der Waals surface area (Å²) in [5, 5.41) is 13.9. The lowest BCUT2D eigenvalue weighted by atomic mass is 9.90. The Kier molecular flexibility index (Phi) is 3.68. The Morgan fingerprint density at radius 3 is 2.76 bits per heavy atom. The van der Waals surface area contributed by atoms with E-state index in [2.05, 4.69) is 5.32 Å². The number of piperidine rings is 1. The molecule has 1 aliphatic rings. The summed E-state index contributed by atoms with van der Waals surface area (Å²) in [6, 6.07) is 3.76. The van der Waals surface area contributed by atoms with E-state index >= 15 is 0 Å². The topological polar surface area (TPSA) is 55.2 Å². The predicted molar refractivity (Wildman–Crippen MR) is 62.4 cm³/mol. The van der Waals surface area contributed by atoms with Gasteiger partial charge in [0, 0.05) is 12.1 Å². The maximum Gasteiger partial charge on any atom is 0.269 e. The zero-order valence-electron chi connectivity index (χ0n) is 9.49. The van der Waals surface area contributed by atoms with Crippen LogP contribution >= 0.6 is 0 Å². The molecule has 4 nitrogen and oxygen atoms in total. The molecule has 0 bridgehead atoms. The number of nitro groups is 1. The summed E-state index contributed by atoms with van der Waals surface area (Å²) in [6.45, 7) is 1.89. The summed E-state index contributed by atoms with van der Waals surface area (Å²) in [7, 11) is 0. The average molecular weight is 238 g/mol. The van der Waals surface area contributed by atoms with Gasteiger partial charge in [-0.05, 0) is 49.9 Å². The lowest BCUT2D eigenvalue weighted by Crippen LogP contribution is -2.28. The van der Waals surface area contributed by atoms with Gasteiger partial charge in [-0.1, -0.05) is 0 Å². The maximum absolute atomic E-state index is 13.5. The van der Waals surface area contributed by atoms with Crippen molar-refractivity contribution in [1.82, 2.24) is 5.32 Å². The molecule has 0 spiro atoms. The SMILES string of the molecule is O=[N+]([O-])c1ccc(F)c(CC2CCNCC2)c1. The number of hydrogen-bond acceptors (Lipinski definition) is 3. The van der Waals surface area contributed by atoms with Crippen molar-refractivity contribution < 1.29 is 9.31 Å². The lowest BCUT2D eigenvalue weighted by Gasteiger charge is -2.22. The minimum Gasteiger partial charge on any atom is -0.317 e. The van der Waals surface area contributed by atoms with Crippen LogP contribution in [0.3, 0.4) is 0 Å². The normalized spacial score (nSPS) is 17.0. The fourth-order valence-electron chi connectivity index (χ4n) is 2.23. The second kappa shape index (κ2) is 5.23. The molecule has 0 aromatic heterocycles. The Morgan fingerprint density at radius 1 is 1.41 bits per heavy atom. The van der Waals surface area contributed by atoms with Crippen molar-refractivity contribution in [2.75, 3.05) is 13.1 Å². The lowest BCUT2D eigenvalue weighted by molar-refractivity contribution is -0.385. The summed E-state index contributed by atoms with van der Waals surface area (Å²) >= 11 is 0. The summed E-state index contributed by atoms with van der Waals surface area (Å²) in [6.07, 6.45) is 2.60. The second-order valence-electron chi connectivity index (χ2n) is 4.43. The van der Waals surface area contributed by atoms with Gasteiger partial charge in [0.05, 0.1) is 4.92 Å². The Bertz CT molecular complexity index is 417. The van der Waals surface area contributed by atoms with Crippen LogP contribution in [0.15, 0.2) is 18.2 Å². The number of nitrogens with zero attached hydrogens (tertiary/aromatic N) is 1. The quantitative estimate of drug-likeness (QED) is 0.649. The molecule has 0 radical (unpaired) electrons. The number of benzene rings is 1. The molecule has 1 aromatic rings. The fraction of sp³-hybridized carbons (Fsp3) is 0.500. The molecular formula is C12H15FN2O2. The van der Waals surface area contributed by atoms with Gasteiger partial charge in [-0.25, -0.2) is 4.39 Å². The van der Waals surface area contributed by atoms with Gasteiger partial charge in [0.2, 0.25) is 0 Å². The van der Waals surface area contributed by atoms with Crippen LogP contribution < -0.4 is 5.32 Å². The summed E-state index contributed by atoms with van der Waals surface area (Å²) in [4.78, 5) is 10.1. The van der Waals surface area contributed by atoms with Crippen molar-refractivity contribution in [3.63, 3.8) is 0 Å². The molecule has 1 saturated heterocycles. The summed E-state index contributed by atoms with van der Waals surface area (Å²) in [5.74, 6) is 0.0851. The first-order chi connectivity index (χ1) is 8.16. The van der Waals surface area contributed by atoms with E-state index in [4.69, 9.17) is 0 Å². The maximum atomic E-state index is 13.5. The molecule has 0 amide bonds. The Hall–Kier alpha value is -1.49. The van der Waals surface area contributed by atoms with E-state index in [9.17, 15) is 14.5 Å². The molecule has 1 aromatic carbocycles. The largest absolute Gasteiger partial charge is 0.317 e. The Labute approximate surface area is 99.0 Å². The van der Waals surface area contributed by atoms with Crippen LogP contribution in [0.5, 0.6) is 0 Å². The molecule has 1 N–H and O–H groups in total. The third kappa shape index (κ3) is 3.00. The fourth-order valence-corrected chi connectivity index (χ4v) is 2.23. The highest BCUT2D eigenvalue weighted by Gasteiger charge is 2.17. The summed E-state index contributed by atoms with van der Waals surface area (Å²) < 4.78 is 13.5. The molecule has 2 rings (SSSR count). The van der Waals surface area contributed by atoms with Crippen LogP contribution in [0.1, 0.15) is 18.4 Å². The number of halogens is 1. The highest BCUT2D eigenvalue weighted by atomic mass is 19.1. The van der Waals surface area contributed by atoms with Crippen molar-refractivity contribution in [2.24, 2.45) is 5.92 Å². The van der Waals surface area contributed by atoms with Gasteiger partial charge in [0.1, 0.15) is 5.82 Å². The van der Waals surface area contributed by atoms with Crippen molar-refractivity contribution in [3.8, 4) is 0 Å². The van der Waals surface area contributed by atoms with Crippen LogP contribution in [0.25, 0.3) is 0 Å². The Balaban J connectivity index is 2.13. The van der Waals surface area contributed by atoms with Crippen molar-refractivity contribution in [1.29, 1.82) is 0 Å². The van der Waals surface area contributed by atoms with Crippen molar-refractivity contribution in [3.05, 3.63) is 39.7 Å². The van der Waals surface area contributed by atoms with E-state index in [1.807, 2.05) is 0 Å². The smallest absolute Gasteiger partial charge is 0.269 e. The van der Waals surface area contributed by atoms with E-state index in [1.165, 1.54) is 18.2 Å². The van der Waals surface area contributed by atoms with Gasteiger partial charge in [0.15, 0.2) is 0 Å². The van der Waals surface area contributed by atoms with Gasteiger partial charge >= 0.3 is 0 Å². The third-order valence-electron chi connectivity index (χ3n) is 3.21. The standard InChI is InChI=1S/C12H15FN2O2/c13-12-2-1-11(15(16)17)8-10(12)7-9-3-5-14-6-4-9/h1-2,8-9,14H,3-7H2. The van der Waals surface area contributed by atoms with E-state index in [0.29, 0.717) is 17.9 Å². The first-order valence-corrected chi connectivity index (χ1v) is 5.80. The summed E-state index contributed by atoms with van der Waals surface area (Å²) in [5.41, 5.74) is 0.432. The molecule has 1 heterocycles. The highest BCUT2D eigenvalue weighted by Crippen LogP contribution is 2.23. The molecule has 5 heteroatoms. The first kappa shape index (κ1) is 12.0. The number of nitrogens with one attached hydrogen (secondary N) is 1. The molecule has 1 aliphatic heterocycles. The first-order valence-electron chi connectivity index (χ1n) is 5.80. The molecular weight excluding hydrogens is 223 g/mol. The number of rotatable bonds is 3. The zero-order chi connectivity index (χ0) is 12.3. The molecule has 0 atom stereocenters. The van der Waals surface area contributed by atoms with Crippen molar-refractivity contribution >= 4 is 5.69 Å². The number of hydrogen-bond donors (Lipinski definition) is 1. The molecule has 0 unspecified atom stereocenters. The van der Waals surface area contributed by atoms with Gasteiger partial charge in [-0.2, -0.15) is 0 Å². The average Bonchev–Trinajstić information content (AvgIpc) is 2.33. The van der Waals surface area contributed by atoms with Gasteiger partial charge < -0.3 is 5.32 Å². The predicted octanol–water partition coefficient (Wildman–Crippen LogP) is 2.28. The van der Waals surface area contributed by atoms with E-state index in [-0.39, 0.29) is 11.5 Å².